The summed E-state index contributed by atoms with van der Waals surface area (Å²) in [7, 11) is 0. The number of fused-ring (bicyclic) bond motifs is 1. The summed E-state index contributed by atoms with van der Waals surface area (Å²) in [4.78, 5) is 2.40. The summed E-state index contributed by atoms with van der Waals surface area (Å²) in [5.74, 6) is 3.17. The first-order valence-corrected chi connectivity index (χ1v) is 7.94. The summed E-state index contributed by atoms with van der Waals surface area (Å²) in [6.07, 6.45) is 0. The first-order valence-electron chi connectivity index (χ1n) is 5.97. The molecule has 0 fully saturated rings. The maximum Gasteiger partial charge on any atom is 0.129 e. The lowest BCUT2D eigenvalue weighted by Crippen LogP contribution is -1.99. The lowest BCUT2D eigenvalue weighted by molar-refractivity contribution is 0.462. The van der Waals surface area contributed by atoms with Crippen molar-refractivity contribution in [1.29, 1.82) is 0 Å². The number of phenols is 1. The maximum absolute atomic E-state index is 9.75. The van der Waals surface area contributed by atoms with Gasteiger partial charge >= 0.3 is 0 Å². The number of rotatable bonds is 3. The monoisotopic (exact) mass is 274 g/mol. The van der Waals surface area contributed by atoms with Crippen LogP contribution in [0.3, 0.4) is 0 Å². The lowest BCUT2D eigenvalue weighted by Gasteiger charge is -2.10. The van der Waals surface area contributed by atoms with E-state index < -0.39 is 0 Å². The van der Waals surface area contributed by atoms with Gasteiger partial charge in [0.15, 0.2) is 0 Å². The van der Waals surface area contributed by atoms with E-state index in [1.165, 1.54) is 10.5 Å². The Kier molecular flexibility index (Phi) is 3.52. The topological polar surface area (TPSA) is 20.2 Å². The van der Waals surface area contributed by atoms with Crippen LogP contribution < -0.4 is 0 Å². The molecule has 1 unspecified atom stereocenters. The van der Waals surface area contributed by atoms with Crippen molar-refractivity contribution >= 4 is 23.5 Å². The van der Waals surface area contributed by atoms with Crippen LogP contribution in [0.25, 0.3) is 0 Å². The van der Waals surface area contributed by atoms with Crippen molar-refractivity contribution in [2.75, 3.05) is 11.5 Å². The second-order valence-corrected chi connectivity index (χ2v) is 6.45. The van der Waals surface area contributed by atoms with E-state index >= 15 is 0 Å². The average Bonchev–Trinajstić information content (AvgIpc) is 2.81. The van der Waals surface area contributed by atoms with Crippen LogP contribution in [0.15, 0.2) is 58.3 Å². The summed E-state index contributed by atoms with van der Waals surface area (Å²) in [5, 5.41) is 9.75. The molecule has 18 heavy (non-hydrogen) atoms. The van der Waals surface area contributed by atoms with Crippen LogP contribution in [0.2, 0.25) is 0 Å². The minimum absolute atomic E-state index is 0.390. The highest BCUT2D eigenvalue weighted by molar-refractivity contribution is 8.00. The van der Waals surface area contributed by atoms with Gasteiger partial charge in [0.05, 0.1) is 0 Å². The van der Waals surface area contributed by atoms with Gasteiger partial charge < -0.3 is 5.11 Å². The fraction of sp³-hybridized carbons (Fsp3) is 0.200. The van der Waals surface area contributed by atoms with Crippen molar-refractivity contribution in [1.82, 2.24) is 0 Å². The van der Waals surface area contributed by atoms with Gasteiger partial charge in [-0.25, -0.2) is 0 Å². The number of para-hydroxylation sites is 1. The Morgan fingerprint density at radius 1 is 1.11 bits per heavy atom. The molecule has 1 atom stereocenters. The lowest BCUT2D eigenvalue weighted by atomic mass is 10.0. The van der Waals surface area contributed by atoms with Gasteiger partial charge in [-0.05, 0) is 23.8 Å². The van der Waals surface area contributed by atoms with Gasteiger partial charge in [0.25, 0.3) is 0 Å². The highest BCUT2D eigenvalue weighted by atomic mass is 32.2. The number of phenolic OH excluding ortho intramolecular Hbond substituents is 1. The van der Waals surface area contributed by atoms with Crippen molar-refractivity contribution in [3.8, 4) is 5.75 Å². The molecule has 0 bridgehead atoms. The highest BCUT2D eigenvalue weighted by Crippen LogP contribution is 2.42. The SMILES string of the molecule is Oc1ccccc1SCC1CSc2ccccc21. The molecule has 1 N–H and O–H groups in total. The zero-order chi connectivity index (χ0) is 12.4. The predicted octanol–water partition coefficient (Wildman–Crippen LogP) is 4.37. The van der Waals surface area contributed by atoms with Crippen LogP contribution in [0.4, 0.5) is 0 Å². The van der Waals surface area contributed by atoms with Gasteiger partial charge in [0.2, 0.25) is 0 Å². The van der Waals surface area contributed by atoms with Crippen LogP contribution >= 0.6 is 23.5 Å². The Morgan fingerprint density at radius 2 is 1.89 bits per heavy atom. The Bertz CT molecular complexity index is 554. The van der Waals surface area contributed by atoms with Gasteiger partial charge in [-0.15, -0.1) is 23.5 Å². The standard InChI is InChI=1S/C15H14OS2/c16-13-6-2-4-8-15(13)18-10-11-9-17-14-7-3-1-5-12(11)14/h1-8,11,16H,9-10H2. The molecule has 0 spiro atoms. The Morgan fingerprint density at radius 3 is 2.78 bits per heavy atom. The number of benzene rings is 2. The molecule has 1 aliphatic rings. The molecule has 0 aromatic heterocycles. The Hall–Kier alpha value is -1.06. The largest absolute Gasteiger partial charge is 0.507 e. The molecule has 0 saturated carbocycles. The molecule has 0 amide bonds. The fourth-order valence-electron chi connectivity index (χ4n) is 2.14. The Labute approximate surface area is 116 Å². The molecule has 3 rings (SSSR count). The third kappa shape index (κ3) is 2.38. The predicted molar refractivity (Wildman–Crippen MR) is 78.7 cm³/mol. The van der Waals surface area contributed by atoms with Crippen molar-refractivity contribution in [2.45, 2.75) is 15.7 Å². The van der Waals surface area contributed by atoms with Gasteiger partial charge in [0, 0.05) is 27.2 Å². The Balaban J connectivity index is 1.71. The number of thioether (sulfide) groups is 2. The second kappa shape index (κ2) is 5.29. The molecule has 0 saturated heterocycles. The van der Waals surface area contributed by atoms with Crippen molar-refractivity contribution < 1.29 is 5.11 Å². The number of hydrogen-bond donors (Lipinski definition) is 1. The molecule has 0 aliphatic carbocycles. The van der Waals surface area contributed by atoms with Gasteiger partial charge in [-0.2, -0.15) is 0 Å². The molecule has 1 nitrogen and oxygen atoms in total. The van der Waals surface area contributed by atoms with E-state index in [4.69, 9.17) is 0 Å². The molecule has 3 heteroatoms. The van der Waals surface area contributed by atoms with E-state index in [1.54, 1.807) is 17.8 Å². The van der Waals surface area contributed by atoms with Crippen LogP contribution in [-0.4, -0.2) is 16.6 Å². The van der Waals surface area contributed by atoms with Crippen LogP contribution in [0.5, 0.6) is 5.75 Å². The van der Waals surface area contributed by atoms with Gasteiger partial charge in [-0.1, -0.05) is 30.3 Å². The third-order valence-corrected chi connectivity index (χ3v) is 5.58. The van der Waals surface area contributed by atoms with Gasteiger partial charge in [-0.3, -0.25) is 0 Å². The van der Waals surface area contributed by atoms with E-state index in [0.29, 0.717) is 11.7 Å². The number of aromatic hydroxyl groups is 1. The molecular weight excluding hydrogens is 260 g/mol. The molecule has 1 heterocycles. The molecular formula is C15H14OS2. The van der Waals surface area contributed by atoms with Crippen molar-refractivity contribution in [3.63, 3.8) is 0 Å². The minimum atomic E-state index is 0.390. The number of hydrogen-bond acceptors (Lipinski definition) is 3. The van der Waals surface area contributed by atoms with E-state index in [1.807, 2.05) is 30.0 Å². The fourth-order valence-corrected chi connectivity index (χ4v) is 4.61. The molecule has 2 aromatic rings. The van der Waals surface area contributed by atoms with Crippen LogP contribution in [0.1, 0.15) is 11.5 Å². The molecule has 0 radical (unpaired) electrons. The maximum atomic E-state index is 9.75. The van der Waals surface area contributed by atoms with Gasteiger partial charge in [0.1, 0.15) is 5.75 Å². The quantitative estimate of drug-likeness (QED) is 0.839. The van der Waals surface area contributed by atoms with Crippen LogP contribution in [0, 0.1) is 0 Å². The summed E-state index contributed by atoms with van der Waals surface area (Å²) in [5.41, 5.74) is 1.46. The summed E-state index contributed by atoms with van der Waals surface area (Å²) in [6.45, 7) is 0. The highest BCUT2D eigenvalue weighted by Gasteiger charge is 2.22. The summed E-state index contributed by atoms with van der Waals surface area (Å²) >= 11 is 3.68. The summed E-state index contributed by atoms with van der Waals surface area (Å²) < 4.78 is 0. The van der Waals surface area contributed by atoms with Crippen LogP contribution in [-0.2, 0) is 0 Å². The van der Waals surface area contributed by atoms with Crippen molar-refractivity contribution in [2.24, 2.45) is 0 Å². The normalized spacial score (nSPS) is 17.7. The minimum Gasteiger partial charge on any atom is -0.507 e. The zero-order valence-electron chi connectivity index (χ0n) is 9.87. The first kappa shape index (κ1) is 12.0. The molecule has 1 aliphatic heterocycles. The second-order valence-electron chi connectivity index (χ2n) is 4.32. The van der Waals surface area contributed by atoms with E-state index in [9.17, 15) is 5.11 Å². The smallest absolute Gasteiger partial charge is 0.129 e. The summed E-state index contributed by atoms with van der Waals surface area (Å²) in [6, 6.07) is 16.2. The van der Waals surface area contributed by atoms with E-state index in [0.717, 1.165) is 16.4 Å². The van der Waals surface area contributed by atoms with E-state index in [2.05, 4.69) is 24.3 Å². The van der Waals surface area contributed by atoms with Crippen molar-refractivity contribution in [3.05, 3.63) is 54.1 Å². The first-order chi connectivity index (χ1) is 8.84. The average molecular weight is 274 g/mol. The molecule has 2 aromatic carbocycles. The van der Waals surface area contributed by atoms with E-state index in [-0.39, 0.29) is 0 Å². The molecule has 92 valence electrons. The third-order valence-electron chi connectivity index (χ3n) is 3.10. The zero-order valence-corrected chi connectivity index (χ0v) is 11.5.